The Hall–Kier alpha value is -1.84. The van der Waals surface area contributed by atoms with Crippen molar-refractivity contribution in [1.29, 1.82) is 0 Å². The number of ether oxygens (including phenoxy) is 1. The van der Waals surface area contributed by atoms with Gasteiger partial charge in [0, 0.05) is 18.0 Å². The molecule has 4 heteroatoms. The molecule has 1 atom stereocenters. The highest BCUT2D eigenvalue weighted by Gasteiger charge is 2.34. The molecule has 0 aromatic heterocycles. The standard InChI is InChI=1S/C26H33NO2.ClH/c1-3-13-29-25-17-24-22(14-19(25)2)16-23(26(24)28)15-20-9-11-27(12-10-20)18-21-7-5-4-6-8-21;/h4-8,14,17,20,23H,3,9-13,15-16,18H2,1-2H3;1H. The summed E-state index contributed by atoms with van der Waals surface area (Å²) in [5.41, 5.74) is 4.68. The number of hydrogen-bond donors (Lipinski definition) is 0. The fourth-order valence-electron chi connectivity index (χ4n) is 4.91. The summed E-state index contributed by atoms with van der Waals surface area (Å²) < 4.78 is 5.85. The smallest absolute Gasteiger partial charge is 0.166 e. The molecule has 1 aliphatic carbocycles. The van der Waals surface area contributed by atoms with Crippen LogP contribution in [-0.2, 0) is 13.0 Å². The van der Waals surface area contributed by atoms with Crippen LogP contribution in [-0.4, -0.2) is 30.4 Å². The van der Waals surface area contributed by atoms with Gasteiger partial charge in [-0.1, -0.05) is 43.3 Å². The number of rotatable bonds is 7. The SMILES string of the molecule is CCCOc1cc2c(cc1C)CC(CC1CCN(Cc3ccccc3)CC1)C2=O.Cl. The highest BCUT2D eigenvalue weighted by Crippen LogP contribution is 2.37. The first-order valence-corrected chi connectivity index (χ1v) is 11.2. The molecule has 3 nitrogen and oxygen atoms in total. The highest BCUT2D eigenvalue weighted by atomic mass is 35.5. The fourth-order valence-corrected chi connectivity index (χ4v) is 4.91. The van der Waals surface area contributed by atoms with Crippen LogP contribution >= 0.6 is 12.4 Å². The van der Waals surface area contributed by atoms with Crippen LogP contribution in [0.3, 0.4) is 0 Å². The van der Waals surface area contributed by atoms with E-state index in [9.17, 15) is 4.79 Å². The third-order valence-electron chi connectivity index (χ3n) is 6.54. The molecule has 0 radical (unpaired) electrons. The van der Waals surface area contributed by atoms with Crippen molar-refractivity contribution in [2.75, 3.05) is 19.7 Å². The van der Waals surface area contributed by atoms with Crippen LogP contribution < -0.4 is 4.74 Å². The number of piperidine rings is 1. The second-order valence-electron chi connectivity index (χ2n) is 8.83. The van der Waals surface area contributed by atoms with Crippen molar-refractivity contribution < 1.29 is 9.53 Å². The van der Waals surface area contributed by atoms with E-state index in [1.807, 2.05) is 6.07 Å². The van der Waals surface area contributed by atoms with Gasteiger partial charge in [0.1, 0.15) is 5.75 Å². The van der Waals surface area contributed by atoms with Gasteiger partial charge >= 0.3 is 0 Å². The number of aryl methyl sites for hydroxylation is 1. The first kappa shape index (κ1) is 22.8. The number of hydrogen-bond acceptors (Lipinski definition) is 3. The lowest BCUT2D eigenvalue weighted by atomic mass is 9.85. The van der Waals surface area contributed by atoms with E-state index in [-0.39, 0.29) is 18.3 Å². The summed E-state index contributed by atoms with van der Waals surface area (Å²) in [6, 6.07) is 14.9. The molecule has 0 spiro atoms. The third-order valence-corrected chi connectivity index (χ3v) is 6.54. The van der Waals surface area contributed by atoms with Crippen LogP contribution in [0.4, 0.5) is 0 Å². The molecule has 0 saturated carbocycles. The number of halogens is 1. The Labute approximate surface area is 187 Å². The minimum absolute atomic E-state index is 0. The van der Waals surface area contributed by atoms with Gasteiger partial charge < -0.3 is 4.74 Å². The van der Waals surface area contributed by atoms with E-state index < -0.39 is 0 Å². The first-order valence-electron chi connectivity index (χ1n) is 11.2. The van der Waals surface area contributed by atoms with Crippen molar-refractivity contribution in [3.8, 4) is 5.75 Å². The molecule has 162 valence electrons. The van der Waals surface area contributed by atoms with E-state index in [0.29, 0.717) is 18.3 Å². The Morgan fingerprint density at radius 1 is 1.10 bits per heavy atom. The average Bonchev–Trinajstić information content (AvgIpc) is 3.03. The summed E-state index contributed by atoms with van der Waals surface area (Å²) in [6.45, 7) is 8.23. The lowest BCUT2D eigenvalue weighted by molar-refractivity contribution is 0.0895. The number of Topliss-reactive ketones (excluding diaryl/α,β-unsaturated/α-hetero) is 1. The number of carbonyl (C=O) groups is 1. The van der Waals surface area contributed by atoms with Crippen molar-refractivity contribution in [2.45, 2.75) is 52.5 Å². The van der Waals surface area contributed by atoms with Crippen LogP contribution in [0.2, 0.25) is 0 Å². The third kappa shape index (κ3) is 5.25. The molecule has 1 heterocycles. The molecule has 1 unspecified atom stereocenters. The van der Waals surface area contributed by atoms with E-state index in [1.165, 1.54) is 24.0 Å². The normalized spacial score (nSPS) is 19.4. The molecule has 4 rings (SSSR count). The number of benzene rings is 2. The van der Waals surface area contributed by atoms with E-state index in [4.69, 9.17) is 4.74 Å². The predicted molar refractivity (Wildman–Crippen MR) is 125 cm³/mol. The maximum absolute atomic E-state index is 13.0. The number of nitrogens with zero attached hydrogens (tertiary/aromatic N) is 1. The van der Waals surface area contributed by atoms with E-state index in [2.05, 4.69) is 55.1 Å². The van der Waals surface area contributed by atoms with Gasteiger partial charge in [-0.15, -0.1) is 12.4 Å². The Morgan fingerprint density at radius 3 is 2.53 bits per heavy atom. The van der Waals surface area contributed by atoms with Crippen LogP contribution in [0.5, 0.6) is 5.75 Å². The summed E-state index contributed by atoms with van der Waals surface area (Å²) in [5, 5.41) is 0. The van der Waals surface area contributed by atoms with Gasteiger partial charge in [0.05, 0.1) is 6.61 Å². The molecule has 1 aliphatic heterocycles. The van der Waals surface area contributed by atoms with Gasteiger partial charge in [-0.25, -0.2) is 0 Å². The summed E-state index contributed by atoms with van der Waals surface area (Å²) >= 11 is 0. The van der Waals surface area contributed by atoms with Gasteiger partial charge in [0.25, 0.3) is 0 Å². The van der Waals surface area contributed by atoms with E-state index in [1.54, 1.807) is 0 Å². The maximum atomic E-state index is 13.0. The summed E-state index contributed by atoms with van der Waals surface area (Å²) in [5.74, 6) is 2.06. The van der Waals surface area contributed by atoms with Crippen molar-refractivity contribution in [2.24, 2.45) is 11.8 Å². The molecule has 2 aliphatic rings. The van der Waals surface area contributed by atoms with Gasteiger partial charge in [-0.2, -0.15) is 0 Å². The van der Waals surface area contributed by atoms with E-state index in [0.717, 1.165) is 55.8 Å². The van der Waals surface area contributed by atoms with Crippen molar-refractivity contribution >= 4 is 18.2 Å². The molecule has 0 amide bonds. The summed E-state index contributed by atoms with van der Waals surface area (Å²) in [7, 11) is 0. The fraction of sp³-hybridized carbons (Fsp3) is 0.500. The first-order chi connectivity index (χ1) is 14.1. The second kappa shape index (κ2) is 10.5. The minimum Gasteiger partial charge on any atom is -0.493 e. The predicted octanol–water partition coefficient (Wildman–Crippen LogP) is 5.86. The minimum atomic E-state index is 0. The second-order valence-corrected chi connectivity index (χ2v) is 8.83. The molecule has 1 saturated heterocycles. The van der Waals surface area contributed by atoms with Crippen molar-refractivity contribution in [3.05, 3.63) is 64.7 Å². The number of ketones is 1. The topological polar surface area (TPSA) is 29.5 Å². The van der Waals surface area contributed by atoms with Crippen LogP contribution in [0.15, 0.2) is 42.5 Å². The molecule has 30 heavy (non-hydrogen) atoms. The van der Waals surface area contributed by atoms with Gasteiger partial charge in [-0.3, -0.25) is 9.69 Å². The van der Waals surface area contributed by atoms with Crippen LogP contribution in [0, 0.1) is 18.8 Å². The zero-order valence-electron chi connectivity index (χ0n) is 18.2. The zero-order valence-corrected chi connectivity index (χ0v) is 19.0. The number of likely N-dealkylation sites (tertiary alicyclic amines) is 1. The molecule has 2 aromatic rings. The molecule has 0 bridgehead atoms. The van der Waals surface area contributed by atoms with Crippen molar-refractivity contribution in [1.82, 2.24) is 4.90 Å². The molecular weight excluding hydrogens is 394 g/mol. The molecule has 0 N–H and O–H groups in total. The zero-order chi connectivity index (χ0) is 20.2. The lowest BCUT2D eigenvalue weighted by Crippen LogP contribution is -2.34. The Morgan fingerprint density at radius 2 is 1.83 bits per heavy atom. The van der Waals surface area contributed by atoms with Gasteiger partial charge in [-0.05, 0) is 80.8 Å². The molecular formula is C26H34ClNO2. The largest absolute Gasteiger partial charge is 0.493 e. The molecule has 1 fully saturated rings. The Balaban J connectivity index is 0.00000256. The monoisotopic (exact) mass is 427 g/mol. The van der Waals surface area contributed by atoms with Crippen LogP contribution in [0.1, 0.15) is 59.7 Å². The quantitative estimate of drug-likeness (QED) is 0.554. The summed E-state index contributed by atoms with van der Waals surface area (Å²) in [4.78, 5) is 15.6. The van der Waals surface area contributed by atoms with Gasteiger partial charge in [0.2, 0.25) is 0 Å². The maximum Gasteiger partial charge on any atom is 0.166 e. The van der Waals surface area contributed by atoms with Crippen molar-refractivity contribution in [3.63, 3.8) is 0 Å². The number of carbonyl (C=O) groups excluding carboxylic acids is 1. The highest BCUT2D eigenvalue weighted by molar-refractivity contribution is 6.02. The Bertz CT molecular complexity index is 844. The summed E-state index contributed by atoms with van der Waals surface area (Å²) in [6.07, 6.45) is 5.34. The Kier molecular flexibility index (Phi) is 7.96. The van der Waals surface area contributed by atoms with Crippen LogP contribution in [0.25, 0.3) is 0 Å². The number of fused-ring (bicyclic) bond motifs is 1. The molecule has 2 aromatic carbocycles. The average molecular weight is 428 g/mol. The lowest BCUT2D eigenvalue weighted by Gasteiger charge is -2.32. The van der Waals surface area contributed by atoms with E-state index >= 15 is 0 Å². The van der Waals surface area contributed by atoms with Gasteiger partial charge in [0.15, 0.2) is 5.78 Å².